The van der Waals surface area contributed by atoms with Gasteiger partial charge < -0.3 is 14.8 Å². The van der Waals surface area contributed by atoms with E-state index in [-0.39, 0.29) is 25.2 Å². The van der Waals surface area contributed by atoms with E-state index in [4.69, 9.17) is 9.47 Å². The number of ether oxygens (including phenoxy) is 2. The molecule has 5 nitrogen and oxygen atoms in total. The first-order chi connectivity index (χ1) is 9.20. The smallest absolute Gasteiger partial charge is 0.333 e. The van der Waals surface area contributed by atoms with Crippen molar-refractivity contribution in [2.75, 3.05) is 13.2 Å². The van der Waals surface area contributed by atoms with Crippen molar-refractivity contribution in [2.24, 2.45) is 0 Å². The largest absolute Gasteiger partial charge is 0.460 e. The number of hydrogen-bond donors (Lipinski definition) is 1. The Morgan fingerprint density at radius 3 is 2.45 bits per heavy atom. The van der Waals surface area contributed by atoms with Gasteiger partial charge in [-0.15, -0.1) is 0 Å². The van der Waals surface area contributed by atoms with Gasteiger partial charge in [-0.1, -0.05) is 19.9 Å². The number of carbonyl (C=O) groups excluding carboxylic acids is 2. The zero-order valence-corrected chi connectivity index (χ0v) is 13.2. The maximum atomic E-state index is 12.0. The number of nitrogens with one attached hydrogen (secondary N) is 1. The number of esters is 1. The molecule has 116 valence electrons. The molecular formula is C15H27NO4. The average molecular weight is 285 g/mol. The van der Waals surface area contributed by atoms with Crippen LogP contribution in [0.2, 0.25) is 0 Å². The van der Waals surface area contributed by atoms with E-state index in [1.807, 2.05) is 6.92 Å². The van der Waals surface area contributed by atoms with Gasteiger partial charge in [-0.05, 0) is 34.1 Å². The summed E-state index contributed by atoms with van der Waals surface area (Å²) in [5.41, 5.74) is -0.555. The van der Waals surface area contributed by atoms with E-state index in [1.165, 1.54) is 0 Å². The van der Waals surface area contributed by atoms with Crippen LogP contribution in [0.4, 0.5) is 0 Å². The molecule has 0 aromatic heterocycles. The summed E-state index contributed by atoms with van der Waals surface area (Å²) in [5, 5.41) is 2.69. The van der Waals surface area contributed by atoms with Crippen LogP contribution in [0.1, 0.15) is 47.5 Å². The van der Waals surface area contributed by atoms with Crippen LogP contribution in [-0.4, -0.2) is 36.7 Å². The fraction of sp³-hybridized carbons (Fsp3) is 0.733. The van der Waals surface area contributed by atoms with Gasteiger partial charge >= 0.3 is 5.97 Å². The summed E-state index contributed by atoms with van der Waals surface area (Å²) in [4.78, 5) is 23.1. The first-order valence-electron chi connectivity index (χ1n) is 6.99. The predicted octanol–water partition coefficient (Wildman–Crippen LogP) is 2.21. The van der Waals surface area contributed by atoms with Gasteiger partial charge in [-0.2, -0.15) is 0 Å². The fourth-order valence-corrected chi connectivity index (χ4v) is 1.67. The maximum Gasteiger partial charge on any atom is 0.333 e. The van der Waals surface area contributed by atoms with Gasteiger partial charge in [-0.25, -0.2) is 4.79 Å². The Morgan fingerprint density at radius 2 is 1.95 bits per heavy atom. The van der Waals surface area contributed by atoms with E-state index in [2.05, 4.69) is 18.8 Å². The molecule has 0 aromatic carbocycles. The molecule has 0 saturated carbocycles. The van der Waals surface area contributed by atoms with Gasteiger partial charge in [0.25, 0.3) is 5.91 Å². The van der Waals surface area contributed by atoms with Gasteiger partial charge in [0.05, 0.1) is 12.6 Å². The third kappa shape index (κ3) is 7.28. The van der Waals surface area contributed by atoms with Crippen molar-refractivity contribution in [1.82, 2.24) is 5.32 Å². The minimum absolute atomic E-state index is 0.0296. The van der Waals surface area contributed by atoms with Crippen molar-refractivity contribution in [3.8, 4) is 0 Å². The Labute approximate surface area is 121 Å². The lowest BCUT2D eigenvalue weighted by Crippen LogP contribution is -2.46. The van der Waals surface area contributed by atoms with Gasteiger partial charge in [0, 0.05) is 5.57 Å². The molecule has 0 bridgehead atoms. The van der Waals surface area contributed by atoms with Gasteiger partial charge in [0.15, 0.2) is 0 Å². The molecule has 0 aromatic rings. The lowest BCUT2D eigenvalue weighted by molar-refractivity contribution is -0.150. The Bertz CT molecular complexity index is 350. The standard InChI is InChI=1S/C15H27NO4/c1-7-8-12(4)20-15(5,6)14(18)16-9-10-19-13(17)11(2)3/h12H,2,7-10H2,1,3-6H3,(H,16,18). The van der Waals surface area contributed by atoms with Crippen molar-refractivity contribution in [2.45, 2.75) is 59.2 Å². The molecule has 0 heterocycles. The normalized spacial score (nSPS) is 12.7. The van der Waals surface area contributed by atoms with E-state index in [9.17, 15) is 9.59 Å². The molecule has 0 aliphatic heterocycles. The average Bonchev–Trinajstić information content (AvgIpc) is 2.33. The summed E-state index contributed by atoms with van der Waals surface area (Å²) in [7, 11) is 0. The van der Waals surface area contributed by atoms with E-state index in [0.717, 1.165) is 12.8 Å². The Kier molecular flexibility index (Phi) is 8.15. The first kappa shape index (κ1) is 18.6. The molecule has 1 N–H and O–H groups in total. The molecule has 0 aliphatic rings. The predicted molar refractivity (Wildman–Crippen MR) is 78.3 cm³/mol. The van der Waals surface area contributed by atoms with Crippen LogP contribution >= 0.6 is 0 Å². The molecule has 0 saturated heterocycles. The van der Waals surface area contributed by atoms with Crippen molar-refractivity contribution >= 4 is 11.9 Å². The fourth-order valence-electron chi connectivity index (χ4n) is 1.67. The highest BCUT2D eigenvalue weighted by atomic mass is 16.5. The topological polar surface area (TPSA) is 64.6 Å². The molecule has 5 heteroatoms. The van der Waals surface area contributed by atoms with E-state index < -0.39 is 11.6 Å². The molecule has 1 atom stereocenters. The monoisotopic (exact) mass is 285 g/mol. The molecule has 0 aliphatic carbocycles. The summed E-state index contributed by atoms with van der Waals surface area (Å²) in [5.74, 6) is -0.668. The summed E-state index contributed by atoms with van der Waals surface area (Å²) in [6, 6.07) is 0. The van der Waals surface area contributed by atoms with E-state index >= 15 is 0 Å². The van der Waals surface area contributed by atoms with Crippen molar-refractivity contribution in [3.05, 3.63) is 12.2 Å². The molecule has 0 spiro atoms. The molecule has 0 radical (unpaired) electrons. The number of carbonyl (C=O) groups is 2. The molecule has 20 heavy (non-hydrogen) atoms. The van der Waals surface area contributed by atoms with Crippen LogP contribution in [0.3, 0.4) is 0 Å². The third-order valence-electron chi connectivity index (χ3n) is 2.71. The second-order valence-corrected chi connectivity index (χ2v) is 5.40. The lowest BCUT2D eigenvalue weighted by atomic mass is 10.1. The summed E-state index contributed by atoms with van der Waals surface area (Å²) < 4.78 is 10.6. The van der Waals surface area contributed by atoms with Crippen LogP contribution in [-0.2, 0) is 19.1 Å². The third-order valence-corrected chi connectivity index (χ3v) is 2.71. The van der Waals surface area contributed by atoms with Crippen molar-refractivity contribution in [3.63, 3.8) is 0 Å². The van der Waals surface area contributed by atoms with E-state index in [0.29, 0.717) is 5.57 Å². The van der Waals surface area contributed by atoms with Crippen LogP contribution in [0.25, 0.3) is 0 Å². The molecular weight excluding hydrogens is 258 g/mol. The minimum atomic E-state index is -0.896. The number of amides is 1. The van der Waals surface area contributed by atoms with Gasteiger partial charge in [0.2, 0.25) is 0 Å². The second-order valence-electron chi connectivity index (χ2n) is 5.40. The quantitative estimate of drug-likeness (QED) is 0.401. The van der Waals surface area contributed by atoms with Crippen LogP contribution < -0.4 is 5.32 Å². The highest BCUT2D eigenvalue weighted by Crippen LogP contribution is 2.15. The second kappa shape index (κ2) is 8.74. The Hall–Kier alpha value is -1.36. The van der Waals surface area contributed by atoms with Crippen molar-refractivity contribution in [1.29, 1.82) is 0 Å². The molecule has 0 fully saturated rings. The highest BCUT2D eigenvalue weighted by molar-refractivity contribution is 5.87. The summed E-state index contributed by atoms with van der Waals surface area (Å²) in [6.07, 6.45) is 1.95. The number of hydrogen-bond acceptors (Lipinski definition) is 4. The van der Waals surface area contributed by atoms with E-state index in [1.54, 1.807) is 20.8 Å². The Balaban J connectivity index is 4.06. The molecule has 0 rings (SSSR count). The lowest BCUT2D eigenvalue weighted by Gasteiger charge is -2.28. The van der Waals surface area contributed by atoms with Crippen LogP contribution in [0.15, 0.2) is 12.2 Å². The SMILES string of the molecule is C=C(C)C(=O)OCCNC(=O)C(C)(C)OC(C)CCC. The first-order valence-corrected chi connectivity index (χ1v) is 6.99. The van der Waals surface area contributed by atoms with Crippen LogP contribution in [0.5, 0.6) is 0 Å². The van der Waals surface area contributed by atoms with Gasteiger partial charge in [0.1, 0.15) is 12.2 Å². The Morgan fingerprint density at radius 1 is 1.35 bits per heavy atom. The zero-order chi connectivity index (χ0) is 15.8. The van der Waals surface area contributed by atoms with Crippen LogP contribution in [0, 0.1) is 0 Å². The highest BCUT2D eigenvalue weighted by Gasteiger charge is 2.30. The minimum Gasteiger partial charge on any atom is -0.460 e. The maximum absolute atomic E-state index is 12.0. The molecule has 1 unspecified atom stereocenters. The summed E-state index contributed by atoms with van der Waals surface area (Å²) >= 11 is 0. The number of rotatable bonds is 9. The summed E-state index contributed by atoms with van der Waals surface area (Å²) in [6.45, 7) is 12.9. The van der Waals surface area contributed by atoms with Gasteiger partial charge in [-0.3, -0.25) is 4.79 Å². The molecule has 1 amide bonds. The zero-order valence-electron chi connectivity index (χ0n) is 13.2. The van der Waals surface area contributed by atoms with Crippen molar-refractivity contribution < 1.29 is 19.1 Å².